The van der Waals surface area contributed by atoms with Gasteiger partial charge in [0.15, 0.2) is 0 Å². The molecule has 0 unspecified atom stereocenters. The van der Waals surface area contributed by atoms with Crippen LogP contribution in [0.1, 0.15) is 29.5 Å². The minimum absolute atomic E-state index is 0.0588. The largest absolute Gasteiger partial charge is 0.355 e. The fraction of sp³-hybridized carbons (Fsp3) is 0.409. The molecule has 1 heterocycles. The van der Waals surface area contributed by atoms with E-state index in [4.69, 9.17) is 0 Å². The molecule has 28 heavy (non-hydrogen) atoms. The van der Waals surface area contributed by atoms with E-state index in [1.807, 2.05) is 26.0 Å². The standard InChI is InChI=1S/C22H28N2O3S/c1-17-8-10-21(11-9-17)28(26,27)24-14-4-7-20(16-24)22(25)23-13-12-19-6-3-5-18(2)15-19/h3,5-6,8-11,15,20H,4,7,12-14,16H2,1-2H3,(H,23,25)/t20-/m0/s1. The van der Waals surface area contributed by atoms with Gasteiger partial charge in [0.1, 0.15) is 0 Å². The van der Waals surface area contributed by atoms with E-state index < -0.39 is 10.0 Å². The number of aryl methyl sites for hydroxylation is 2. The van der Waals surface area contributed by atoms with Gasteiger partial charge in [-0.05, 0) is 50.8 Å². The van der Waals surface area contributed by atoms with Gasteiger partial charge in [-0.2, -0.15) is 4.31 Å². The Kier molecular flexibility index (Phi) is 6.52. The highest BCUT2D eigenvalue weighted by Gasteiger charge is 2.33. The molecule has 0 aliphatic carbocycles. The van der Waals surface area contributed by atoms with E-state index >= 15 is 0 Å². The molecule has 0 saturated carbocycles. The predicted octanol–water partition coefficient (Wildman–Crippen LogP) is 3.06. The van der Waals surface area contributed by atoms with E-state index in [-0.39, 0.29) is 18.4 Å². The minimum atomic E-state index is -3.56. The summed E-state index contributed by atoms with van der Waals surface area (Å²) in [5.74, 6) is -0.358. The van der Waals surface area contributed by atoms with Crippen molar-refractivity contribution in [1.29, 1.82) is 0 Å². The molecule has 1 N–H and O–H groups in total. The van der Waals surface area contributed by atoms with Gasteiger partial charge in [0.25, 0.3) is 0 Å². The number of carbonyl (C=O) groups is 1. The highest BCUT2D eigenvalue weighted by atomic mass is 32.2. The van der Waals surface area contributed by atoms with Crippen LogP contribution in [0.15, 0.2) is 53.4 Å². The number of piperidine rings is 1. The molecule has 150 valence electrons. The van der Waals surface area contributed by atoms with E-state index in [0.717, 1.165) is 18.4 Å². The second-order valence-electron chi connectivity index (χ2n) is 7.55. The number of benzene rings is 2. The van der Waals surface area contributed by atoms with Gasteiger partial charge in [0.2, 0.25) is 15.9 Å². The van der Waals surface area contributed by atoms with Crippen molar-refractivity contribution in [2.45, 2.75) is 38.0 Å². The average Bonchev–Trinajstić information content (AvgIpc) is 2.68. The van der Waals surface area contributed by atoms with Crippen LogP contribution in [-0.4, -0.2) is 38.3 Å². The van der Waals surface area contributed by atoms with Crippen molar-refractivity contribution < 1.29 is 13.2 Å². The molecule has 1 atom stereocenters. The summed E-state index contributed by atoms with van der Waals surface area (Å²) in [6.07, 6.45) is 2.18. The summed E-state index contributed by atoms with van der Waals surface area (Å²) in [6.45, 7) is 5.24. The average molecular weight is 401 g/mol. The molecule has 1 fully saturated rings. The quantitative estimate of drug-likeness (QED) is 0.810. The lowest BCUT2D eigenvalue weighted by atomic mass is 9.98. The Morgan fingerprint density at radius 1 is 1.11 bits per heavy atom. The van der Waals surface area contributed by atoms with Crippen molar-refractivity contribution in [2.75, 3.05) is 19.6 Å². The van der Waals surface area contributed by atoms with E-state index in [0.29, 0.717) is 24.4 Å². The summed E-state index contributed by atoms with van der Waals surface area (Å²) in [5.41, 5.74) is 3.41. The highest BCUT2D eigenvalue weighted by Crippen LogP contribution is 2.24. The van der Waals surface area contributed by atoms with Gasteiger partial charge in [0, 0.05) is 19.6 Å². The monoisotopic (exact) mass is 400 g/mol. The Hall–Kier alpha value is -2.18. The van der Waals surface area contributed by atoms with Crippen molar-refractivity contribution >= 4 is 15.9 Å². The molecule has 2 aromatic carbocycles. The first-order valence-electron chi connectivity index (χ1n) is 9.76. The van der Waals surface area contributed by atoms with Crippen molar-refractivity contribution in [3.05, 3.63) is 65.2 Å². The van der Waals surface area contributed by atoms with Gasteiger partial charge in [-0.3, -0.25) is 4.79 Å². The summed E-state index contributed by atoms with van der Waals surface area (Å²) < 4.78 is 27.2. The van der Waals surface area contributed by atoms with Gasteiger partial charge in [-0.25, -0.2) is 8.42 Å². The number of rotatable bonds is 6. The number of hydrogen-bond donors (Lipinski definition) is 1. The molecule has 0 bridgehead atoms. The van der Waals surface area contributed by atoms with E-state index in [2.05, 4.69) is 17.4 Å². The van der Waals surface area contributed by atoms with Gasteiger partial charge < -0.3 is 5.32 Å². The van der Waals surface area contributed by atoms with Crippen molar-refractivity contribution in [1.82, 2.24) is 9.62 Å². The van der Waals surface area contributed by atoms with Crippen LogP contribution in [0.25, 0.3) is 0 Å². The third kappa shape index (κ3) is 5.00. The fourth-order valence-electron chi connectivity index (χ4n) is 3.58. The number of amides is 1. The zero-order valence-corrected chi connectivity index (χ0v) is 17.3. The molecule has 0 radical (unpaired) electrons. The summed E-state index contributed by atoms with van der Waals surface area (Å²) in [5, 5.41) is 2.98. The number of sulfonamides is 1. The normalized spacial score (nSPS) is 18.0. The molecule has 5 nitrogen and oxygen atoms in total. The lowest BCUT2D eigenvalue weighted by molar-refractivity contribution is -0.126. The highest BCUT2D eigenvalue weighted by molar-refractivity contribution is 7.89. The molecule has 1 aliphatic heterocycles. The topological polar surface area (TPSA) is 66.5 Å². The van der Waals surface area contributed by atoms with E-state index in [1.165, 1.54) is 15.4 Å². The van der Waals surface area contributed by atoms with Gasteiger partial charge >= 0.3 is 0 Å². The second-order valence-corrected chi connectivity index (χ2v) is 9.48. The molecular formula is C22H28N2O3S. The molecule has 1 amide bonds. The van der Waals surface area contributed by atoms with Crippen LogP contribution in [0, 0.1) is 19.8 Å². The van der Waals surface area contributed by atoms with Gasteiger partial charge in [-0.1, -0.05) is 47.5 Å². The molecule has 3 rings (SSSR count). The van der Waals surface area contributed by atoms with E-state index in [1.54, 1.807) is 24.3 Å². The molecule has 0 spiro atoms. The zero-order valence-electron chi connectivity index (χ0n) is 16.5. The zero-order chi connectivity index (χ0) is 20.1. The second kappa shape index (κ2) is 8.88. The maximum Gasteiger partial charge on any atom is 0.243 e. The van der Waals surface area contributed by atoms with Crippen LogP contribution in [0.2, 0.25) is 0 Å². The molecule has 1 aliphatic rings. The fourth-order valence-corrected chi connectivity index (χ4v) is 5.10. The van der Waals surface area contributed by atoms with Crippen LogP contribution in [0.5, 0.6) is 0 Å². The first-order valence-corrected chi connectivity index (χ1v) is 11.2. The molecule has 2 aromatic rings. The number of hydrogen-bond acceptors (Lipinski definition) is 3. The van der Waals surface area contributed by atoms with Crippen molar-refractivity contribution in [2.24, 2.45) is 5.92 Å². The summed E-state index contributed by atoms with van der Waals surface area (Å²) in [6, 6.07) is 15.1. The molecular weight excluding hydrogens is 372 g/mol. The predicted molar refractivity (Wildman–Crippen MR) is 111 cm³/mol. The van der Waals surface area contributed by atoms with E-state index in [9.17, 15) is 13.2 Å². The Morgan fingerprint density at radius 2 is 1.86 bits per heavy atom. The third-order valence-electron chi connectivity index (χ3n) is 5.21. The number of nitrogens with zero attached hydrogens (tertiary/aromatic N) is 1. The third-order valence-corrected chi connectivity index (χ3v) is 7.09. The number of carbonyl (C=O) groups excluding carboxylic acids is 1. The minimum Gasteiger partial charge on any atom is -0.355 e. The molecule has 6 heteroatoms. The Bertz CT molecular complexity index is 923. The first kappa shape index (κ1) is 20.6. The van der Waals surface area contributed by atoms with Gasteiger partial charge in [0.05, 0.1) is 10.8 Å². The summed E-state index contributed by atoms with van der Waals surface area (Å²) in [4.78, 5) is 12.9. The molecule has 0 aromatic heterocycles. The molecule has 1 saturated heterocycles. The van der Waals surface area contributed by atoms with Crippen LogP contribution in [0.3, 0.4) is 0 Å². The summed E-state index contributed by atoms with van der Waals surface area (Å²) in [7, 11) is -3.56. The van der Waals surface area contributed by atoms with Crippen LogP contribution in [-0.2, 0) is 21.2 Å². The summed E-state index contributed by atoms with van der Waals surface area (Å²) >= 11 is 0. The van der Waals surface area contributed by atoms with Crippen LogP contribution >= 0.6 is 0 Å². The van der Waals surface area contributed by atoms with Gasteiger partial charge in [-0.15, -0.1) is 0 Å². The Balaban J connectivity index is 1.57. The van der Waals surface area contributed by atoms with Crippen LogP contribution in [0.4, 0.5) is 0 Å². The van der Waals surface area contributed by atoms with Crippen molar-refractivity contribution in [3.8, 4) is 0 Å². The van der Waals surface area contributed by atoms with Crippen LogP contribution < -0.4 is 5.32 Å². The lowest BCUT2D eigenvalue weighted by Crippen LogP contribution is -2.45. The van der Waals surface area contributed by atoms with Crippen molar-refractivity contribution in [3.63, 3.8) is 0 Å². The Labute approximate surface area is 167 Å². The Morgan fingerprint density at radius 3 is 2.57 bits per heavy atom. The SMILES string of the molecule is Cc1ccc(S(=O)(=O)N2CCC[C@H](C(=O)NCCc3cccc(C)c3)C2)cc1. The first-order chi connectivity index (χ1) is 13.4. The number of nitrogens with one attached hydrogen (secondary N) is 1. The maximum atomic E-state index is 12.9. The lowest BCUT2D eigenvalue weighted by Gasteiger charge is -2.31. The maximum absolute atomic E-state index is 12.9. The smallest absolute Gasteiger partial charge is 0.243 e.